The molecule has 1 aromatic heterocycles. The smallest absolute Gasteiger partial charge is 0.475 e. The van der Waals surface area contributed by atoms with Gasteiger partial charge in [0.05, 0.1) is 16.9 Å². The number of likely N-dealkylation sites (tertiary alicyclic amines) is 1. The number of carboxylic acids is 1. The summed E-state index contributed by atoms with van der Waals surface area (Å²) < 4.78 is 33.3. The summed E-state index contributed by atoms with van der Waals surface area (Å²) in [7, 11) is 0. The highest BCUT2D eigenvalue weighted by Gasteiger charge is 2.38. The molecule has 0 atom stereocenters. The highest BCUT2D eigenvalue weighted by molar-refractivity contribution is 6.32. The highest BCUT2D eigenvalue weighted by Crippen LogP contribution is 2.26. The molecule has 2 aliphatic heterocycles. The standard InChI is InChI=1S/C23H24ClN5O.C2HF3O2/c24-20-7-3-4-8-21(20)29-22(15-25-26-29)23(30)27-13-10-19(11-14-27)28-12-9-17-5-1-2-6-18(17)16-28;3-2(4,5)1(6)7/h1-8,15,19H,9-14,16H2;(H,6,7). The van der Waals surface area contributed by atoms with Crippen LogP contribution in [0.25, 0.3) is 5.69 Å². The lowest BCUT2D eigenvalue weighted by molar-refractivity contribution is -0.192. The van der Waals surface area contributed by atoms with E-state index in [1.165, 1.54) is 17.3 Å². The van der Waals surface area contributed by atoms with Crippen LogP contribution in [0, 0.1) is 0 Å². The largest absolute Gasteiger partial charge is 0.490 e. The highest BCUT2D eigenvalue weighted by atomic mass is 35.5. The molecule has 1 fully saturated rings. The lowest BCUT2D eigenvalue weighted by atomic mass is 9.95. The minimum atomic E-state index is -5.08. The topological polar surface area (TPSA) is 91.6 Å². The van der Waals surface area contributed by atoms with Crippen molar-refractivity contribution >= 4 is 23.5 Å². The third kappa shape index (κ3) is 6.28. The Hall–Kier alpha value is -3.44. The Morgan fingerprint density at radius 1 is 0.973 bits per heavy atom. The van der Waals surface area contributed by atoms with Crippen LogP contribution in [0.1, 0.15) is 34.5 Å². The number of carbonyl (C=O) groups excluding carboxylic acids is 1. The number of nitrogens with zero attached hydrogens (tertiary/aromatic N) is 5. The number of amides is 1. The van der Waals surface area contributed by atoms with Gasteiger partial charge in [-0.1, -0.05) is 53.2 Å². The molecule has 0 bridgehead atoms. The van der Waals surface area contributed by atoms with E-state index in [1.54, 1.807) is 10.7 Å². The van der Waals surface area contributed by atoms with Gasteiger partial charge in [-0.05, 0) is 42.5 Å². The van der Waals surface area contributed by atoms with E-state index in [4.69, 9.17) is 21.5 Å². The second-order valence-electron chi connectivity index (χ2n) is 8.80. The minimum Gasteiger partial charge on any atom is -0.475 e. The van der Waals surface area contributed by atoms with Gasteiger partial charge in [0.15, 0.2) is 5.69 Å². The van der Waals surface area contributed by atoms with Crippen molar-refractivity contribution in [1.29, 1.82) is 0 Å². The molecule has 12 heteroatoms. The van der Waals surface area contributed by atoms with E-state index in [-0.39, 0.29) is 5.91 Å². The van der Waals surface area contributed by atoms with Gasteiger partial charge in [0.1, 0.15) is 0 Å². The van der Waals surface area contributed by atoms with Crippen molar-refractivity contribution in [2.24, 2.45) is 0 Å². The summed E-state index contributed by atoms with van der Waals surface area (Å²) in [5.74, 6) is -2.80. The van der Waals surface area contributed by atoms with Crippen molar-refractivity contribution in [3.05, 3.63) is 76.6 Å². The Labute approximate surface area is 216 Å². The molecule has 1 N–H and O–H groups in total. The summed E-state index contributed by atoms with van der Waals surface area (Å²) >= 11 is 6.30. The third-order valence-corrected chi connectivity index (χ3v) is 6.84. The van der Waals surface area contributed by atoms with Gasteiger partial charge in [0.25, 0.3) is 5.91 Å². The summed E-state index contributed by atoms with van der Waals surface area (Å²) in [6, 6.07) is 16.6. The van der Waals surface area contributed by atoms with Gasteiger partial charge in [0.2, 0.25) is 0 Å². The number of halogens is 4. The molecular formula is C25H25ClF3N5O3. The van der Waals surface area contributed by atoms with Crippen LogP contribution in [-0.4, -0.2) is 73.6 Å². The van der Waals surface area contributed by atoms with E-state index in [2.05, 4.69) is 39.5 Å². The lowest BCUT2D eigenvalue weighted by Crippen LogP contribution is -2.48. The van der Waals surface area contributed by atoms with E-state index in [0.29, 0.717) is 22.4 Å². The minimum absolute atomic E-state index is 0.0395. The molecule has 0 spiro atoms. The van der Waals surface area contributed by atoms with E-state index in [9.17, 15) is 18.0 Å². The zero-order valence-electron chi connectivity index (χ0n) is 19.7. The molecule has 0 aliphatic carbocycles. The fourth-order valence-corrected chi connectivity index (χ4v) is 4.82. The average molecular weight is 536 g/mol. The number of hydrogen-bond donors (Lipinski definition) is 1. The Balaban J connectivity index is 0.000000405. The normalized spacial score (nSPS) is 16.5. The maximum atomic E-state index is 13.2. The molecule has 1 saturated heterocycles. The predicted octanol–water partition coefficient (Wildman–Crippen LogP) is 4.22. The van der Waals surface area contributed by atoms with Gasteiger partial charge >= 0.3 is 12.1 Å². The van der Waals surface area contributed by atoms with Crippen molar-refractivity contribution in [3.63, 3.8) is 0 Å². The molecule has 2 aromatic carbocycles. The van der Waals surface area contributed by atoms with Crippen LogP contribution in [0.3, 0.4) is 0 Å². The monoisotopic (exact) mass is 535 g/mol. The van der Waals surface area contributed by atoms with Crippen LogP contribution < -0.4 is 0 Å². The molecule has 3 heterocycles. The first-order valence-corrected chi connectivity index (χ1v) is 12.1. The van der Waals surface area contributed by atoms with Gasteiger partial charge in [-0.15, -0.1) is 5.10 Å². The fourth-order valence-electron chi connectivity index (χ4n) is 4.61. The number of para-hydroxylation sites is 1. The number of benzene rings is 2. The van der Waals surface area contributed by atoms with Crippen LogP contribution in [0.15, 0.2) is 54.7 Å². The molecule has 1 amide bonds. The number of alkyl halides is 3. The first-order chi connectivity index (χ1) is 17.6. The quantitative estimate of drug-likeness (QED) is 0.540. The fraction of sp³-hybridized carbons (Fsp3) is 0.360. The Morgan fingerprint density at radius 3 is 2.24 bits per heavy atom. The zero-order chi connectivity index (χ0) is 26.6. The van der Waals surface area contributed by atoms with E-state index >= 15 is 0 Å². The van der Waals surface area contributed by atoms with Crippen molar-refractivity contribution in [2.45, 2.75) is 38.0 Å². The maximum Gasteiger partial charge on any atom is 0.490 e. The van der Waals surface area contributed by atoms with Crippen LogP contribution >= 0.6 is 11.6 Å². The number of hydrogen-bond acceptors (Lipinski definition) is 5. The summed E-state index contributed by atoms with van der Waals surface area (Å²) in [6.45, 7) is 3.60. The molecule has 196 valence electrons. The van der Waals surface area contributed by atoms with E-state index in [1.807, 2.05) is 23.1 Å². The van der Waals surface area contributed by atoms with Gasteiger partial charge in [-0.25, -0.2) is 9.48 Å². The predicted molar refractivity (Wildman–Crippen MR) is 130 cm³/mol. The van der Waals surface area contributed by atoms with Gasteiger partial charge in [-0.2, -0.15) is 13.2 Å². The molecule has 0 unspecified atom stereocenters. The maximum absolute atomic E-state index is 13.2. The van der Waals surface area contributed by atoms with Crippen molar-refractivity contribution < 1.29 is 27.9 Å². The second kappa shape index (κ2) is 11.3. The summed E-state index contributed by atoms with van der Waals surface area (Å²) in [5.41, 5.74) is 4.04. The van der Waals surface area contributed by atoms with Gasteiger partial charge in [-0.3, -0.25) is 9.69 Å². The molecule has 3 aromatic rings. The van der Waals surface area contributed by atoms with Gasteiger partial charge in [0, 0.05) is 32.2 Å². The first-order valence-electron chi connectivity index (χ1n) is 11.7. The van der Waals surface area contributed by atoms with Crippen molar-refractivity contribution in [3.8, 4) is 5.69 Å². The molecule has 37 heavy (non-hydrogen) atoms. The van der Waals surface area contributed by atoms with Crippen LogP contribution in [0.2, 0.25) is 5.02 Å². The molecule has 5 rings (SSSR count). The number of carboxylic acid groups (broad SMARTS) is 1. The number of aromatic nitrogens is 3. The second-order valence-corrected chi connectivity index (χ2v) is 9.21. The Morgan fingerprint density at radius 2 is 1.59 bits per heavy atom. The first kappa shape index (κ1) is 26.6. The third-order valence-electron chi connectivity index (χ3n) is 6.52. The summed E-state index contributed by atoms with van der Waals surface area (Å²) in [4.78, 5) is 26.6. The SMILES string of the molecule is O=C(O)C(F)(F)F.O=C(c1cnnn1-c1ccccc1Cl)N1CCC(N2CCc3ccccc3C2)CC1. The molecule has 2 aliphatic rings. The Kier molecular flexibility index (Phi) is 8.13. The lowest BCUT2D eigenvalue weighted by Gasteiger charge is -2.40. The summed E-state index contributed by atoms with van der Waals surface area (Å²) in [5, 5.41) is 15.7. The molecule has 0 saturated carbocycles. The number of rotatable bonds is 3. The summed E-state index contributed by atoms with van der Waals surface area (Å²) in [6.07, 6.45) is -0.472. The number of carbonyl (C=O) groups is 2. The van der Waals surface area contributed by atoms with Crippen molar-refractivity contribution in [2.75, 3.05) is 19.6 Å². The van der Waals surface area contributed by atoms with E-state index < -0.39 is 12.1 Å². The molecule has 0 radical (unpaired) electrons. The van der Waals surface area contributed by atoms with Gasteiger partial charge < -0.3 is 10.0 Å². The van der Waals surface area contributed by atoms with E-state index in [0.717, 1.165) is 45.4 Å². The average Bonchev–Trinajstić information content (AvgIpc) is 3.38. The molecule has 8 nitrogen and oxygen atoms in total. The number of piperidine rings is 1. The number of fused-ring (bicyclic) bond motifs is 1. The zero-order valence-corrected chi connectivity index (χ0v) is 20.5. The number of aliphatic carboxylic acids is 1. The molecular weight excluding hydrogens is 511 g/mol. The van der Waals surface area contributed by atoms with Crippen LogP contribution in [0.5, 0.6) is 0 Å². The van der Waals surface area contributed by atoms with Crippen molar-refractivity contribution in [1.82, 2.24) is 24.8 Å². The Bertz CT molecular complexity index is 1260. The van der Waals surface area contributed by atoms with Crippen LogP contribution in [-0.2, 0) is 17.8 Å². The van der Waals surface area contributed by atoms with Crippen LogP contribution in [0.4, 0.5) is 13.2 Å².